The van der Waals surface area contributed by atoms with E-state index in [1.807, 2.05) is 0 Å². The molecule has 4 saturated carbocycles. The summed E-state index contributed by atoms with van der Waals surface area (Å²) in [5.74, 6) is 1.05. The molecule has 0 aromatic heterocycles. The average molecular weight is 474 g/mol. The van der Waals surface area contributed by atoms with E-state index in [0.717, 1.165) is 25.7 Å². The van der Waals surface area contributed by atoms with Crippen LogP contribution in [0, 0.1) is 33.5 Å². The molecule has 0 amide bonds. The number of hydrogen-bond acceptors (Lipinski definition) is 3. The Kier molecular flexibility index (Phi) is 2.85. The fourth-order valence-corrected chi connectivity index (χ4v) is 23.1. The van der Waals surface area contributed by atoms with Gasteiger partial charge >= 0.3 is 161 Å². The van der Waals surface area contributed by atoms with Gasteiger partial charge in [0.1, 0.15) is 0 Å². The van der Waals surface area contributed by atoms with Gasteiger partial charge in [-0.2, -0.15) is 0 Å². The maximum absolute atomic E-state index is 14.1. The second-order valence-electron chi connectivity index (χ2n) is 10.7. The van der Waals surface area contributed by atoms with Gasteiger partial charge < -0.3 is 0 Å². The first-order chi connectivity index (χ1) is 11.3. The summed E-state index contributed by atoms with van der Waals surface area (Å²) in [4.78, 5) is 27.1. The summed E-state index contributed by atoms with van der Waals surface area (Å²) in [6.07, 6.45) is 3.92. The van der Waals surface area contributed by atoms with Crippen molar-refractivity contribution in [1.29, 1.82) is 0 Å². The number of hydrogen-bond donors (Lipinski definition) is 0. The summed E-state index contributed by atoms with van der Waals surface area (Å²) in [5.41, 5.74) is -0.792. The van der Waals surface area contributed by atoms with Crippen LogP contribution in [-0.4, -0.2) is 40.4 Å². The summed E-state index contributed by atoms with van der Waals surface area (Å²) in [5, 5.41) is 0. The van der Waals surface area contributed by atoms with Gasteiger partial charge in [0.2, 0.25) is 0 Å². The zero-order valence-corrected chi connectivity index (χ0v) is 19.5. The van der Waals surface area contributed by atoms with Gasteiger partial charge in [-0.3, -0.25) is 0 Å². The van der Waals surface area contributed by atoms with Crippen LogP contribution >= 0.6 is 0 Å². The van der Waals surface area contributed by atoms with Crippen molar-refractivity contribution in [2.45, 2.75) is 73.6 Å². The summed E-state index contributed by atoms with van der Waals surface area (Å²) < 4.78 is 12.9. The van der Waals surface area contributed by atoms with Crippen molar-refractivity contribution >= 4 is 40.4 Å². The van der Waals surface area contributed by atoms with Crippen LogP contribution in [0.15, 0.2) is 0 Å². The molecule has 1 heterocycles. The molecule has 25 heavy (non-hydrogen) atoms. The van der Waals surface area contributed by atoms with E-state index in [2.05, 4.69) is 41.5 Å². The third-order valence-corrected chi connectivity index (χ3v) is 22.5. The summed E-state index contributed by atoms with van der Waals surface area (Å²) in [6, 6.07) is 0. The molecular formula is C20H28O3Se2. The SMILES string of the molecule is CC1(C)[C@@H]2CC[C@@]1(C)C(=O)[C@]21[Se][C@]2(C(=O)[C@]3(C)CC[C@H]2C3(C)C)[Se]1=O. The second-order valence-corrected chi connectivity index (χ2v) is 20.2. The Hall–Kier alpha value is 0.179. The van der Waals surface area contributed by atoms with Crippen LogP contribution in [0.4, 0.5) is 0 Å². The van der Waals surface area contributed by atoms with Crippen molar-refractivity contribution < 1.29 is 13.4 Å². The van der Waals surface area contributed by atoms with Gasteiger partial charge in [-0.05, 0) is 0 Å². The molecule has 1 aliphatic heterocycles. The van der Waals surface area contributed by atoms with Gasteiger partial charge in [0.25, 0.3) is 0 Å². The van der Waals surface area contributed by atoms with Crippen molar-refractivity contribution in [2.75, 3.05) is 0 Å². The molecule has 5 fully saturated rings. The summed E-state index contributed by atoms with van der Waals surface area (Å²) >= 11 is -2.68. The van der Waals surface area contributed by atoms with Crippen LogP contribution in [0.5, 0.6) is 0 Å². The zero-order chi connectivity index (χ0) is 18.4. The minimum absolute atomic E-state index is 0.0698. The van der Waals surface area contributed by atoms with Crippen molar-refractivity contribution in [3.63, 3.8) is 0 Å². The number of carbonyl (C=O) groups is 2. The Bertz CT molecular complexity index is 724. The Balaban J connectivity index is 1.64. The predicted octanol–water partition coefficient (Wildman–Crippen LogP) is 3.57. The third-order valence-electron chi connectivity index (χ3n) is 9.86. The molecule has 138 valence electrons. The van der Waals surface area contributed by atoms with E-state index < -0.39 is 20.3 Å². The van der Waals surface area contributed by atoms with E-state index in [-0.39, 0.29) is 60.0 Å². The fraction of sp³-hybridized carbons (Fsp3) is 0.900. The Morgan fingerprint density at radius 3 is 1.40 bits per heavy atom. The average Bonchev–Trinajstić information content (AvgIpc) is 3.00. The Morgan fingerprint density at radius 2 is 1.16 bits per heavy atom. The van der Waals surface area contributed by atoms with E-state index in [1.165, 1.54) is 0 Å². The topological polar surface area (TPSA) is 51.2 Å². The van der Waals surface area contributed by atoms with E-state index in [0.29, 0.717) is 0 Å². The van der Waals surface area contributed by atoms with E-state index in [9.17, 15) is 13.4 Å². The second kappa shape index (κ2) is 4.12. The van der Waals surface area contributed by atoms with Crippen LogP contribution in [-0.2, 0) is 13.4 Å². The quantitative estimate of drug-likeness (QED) is 0.505. The van der Waals surface area contributed by atoms with E-state index in [4.69, 9.17) is 0 Å². The monoisotopic (exact) mass is 476 g/mol. The summed E-state index contributed by atoms with van der Waals surface area (Å²) in [7, 11) is 0. The molecule has 1 saturated heterocycles. The molecule has 5 aliphatic rings. The van der Waals surface area contributed by atoms with Crippen LogP contribution in [0.25, 0.3) is 0 Å². The molecule has 0 radical (unpaired) electrons. The molecule has 5 heteroatoms. The van der Waals surface area contributed by atoms with Crippen molar-refractivity contribution in [3.05, 3.63) is 0 Å². The molecule has 6 atom stereocenters. The first-order valence-corrected chi connectivity index (χ1v) is 13.7. The molecule has 5 rings (SSSR count). The van der Waals surface area contributed by atoms with Crippen LogP contribution < -0.4 is 0 Å². The van der Waals surface area contributed by atoms with E-state index >= 15 is 0 Å². The standard InChI is InChI=1S/C20H28O3Se2/c1-15(2)11-7-9-17(15,5)13(21)19(11)24-20(25(19)23)12-8-10-18(6,14(20)22)16(12,3)4/h11-12H,7-10H2,1-6H3/t11-,12-,17-,18-,19-,20-/m0/s1. The van der Waals surface area contributed by atoms with Gasteiger partial charge in [-0.1, -0.05) is 0 Å². The Labute approximate surface area is 160 Å². The molecule has 0 aromatic carbocycles. The van der Waals surface area contributed by atoms with Crippen molar-refractivity contribution in [3.8, 4) is 0 Å². The Morgan fingerprint density at radius 1 is 0.800 bits per heavy atom. The minimum atomic E-state index is -2.55. The molecule has 4 aliphatic carbocycles. The number of carbonyl (C=O) groups excluding carboxylic acids is 2. The molecule has 0 unspecified atom stereocenters. The van der Waals surface area contributed by atoms with Gasteiger partial charge in [0.05, 0.1) is 0 Å². The van der Waals surface area contributed by atoms with Gasteiger partial charge in [0, 0.05) is 0 Å². The fourth-order valence-electron chi connectivity index (χ4n) is 7.38. The normalized spacial score (nSPS) is 57.8. The zero-order valence-electron chi connectivity index (χ0n) is 16.0. The van der Waals surface area contributed by atoms with Crippen molar-refractivity contribution in [1.82, 2.24) is 0 Å². The molecule has 3 nitrogen and oxygen atoms in total. The van der Waals surface area contributed by atoms with Crippen molar-refractivity contribution in [2.24, 2.45) is 33.5 Å². The maximum atomic E-state index is 14.1. The molecule has 0 N–H and O–H groups in total. The first-order valence-electron chi connectivity index (χ1n) is 9.57. The number of rotatable bonds is 0. The first kappa shape index (κ1) is 17.3. The van der Waals surface area contributed by atoms with Gasteiger partial charge in [-0.25, -0.2) is 0 Å². The number of fused-ring (bicyclic) bond motifs is 6. The van der Waals surface area contributed by atoms with E-state index in [1.54, 1.807) is 0 Å². The number of Topliss-reactive ketones (excluding diaryl/α,β-unsaturated/α-hetero) is 2. The molecule has 4 bridgehead atoms. The molecule has 2 spiro atoms. The van der Waals surface area contributed by atoms with Crippen LogP contribution in [0.1, 0.15) is 67.2 Å². The van der Waals surface area contributed by atoms with Crippen LogP contribution in [0.2, 0.25) is 6.42 Å². The third kappa shape index (κ3) is 1.29. The van der Waals surface area contributed by atoms with Gasteiger partial charge in [-0.15, -0.1) is 0 Å². The molecule has 0 aromatic rings. The summed E-state index contributed by atoms with van der Waals surface area (Å²) in [6.45, 7) is 13.1. The van der Waals surface area contributed by atoms with Gasteiger partial charge in [0.15, 0.2) is 0 Å². The van der Waals surface area contributed by atoms with Crippen LogP contribution in [0.3, 0.4) is 0 Å². The number of ketones is 2. The predicted molar refractivity (Wildman–Crippen MR) is 96.8 cm³/mol. The molecular weight excluding hydrogens is 446 g/mol.